The molecule has 1 aromatic heterocycles. The Hall–Kier alpha value is -5.00. The van der Waals surface area contributed by atoms with E-state index >= 15 is 0 Å². The molecule has 1 atom stereocenters. The predicted molar refractivity (Wildman–Crippen MR) is 154 cm³/mol. The number of halogens is 1. The SMILES string of the molecule is COc1cn(C(Cc2cccc(C#N)c2)C(=O)Cc2ccc(C(=O)O)cc2)c(=O)cc1-c1cc(Cl)ccc1C(C)=O. The average Bonchev–Trinajstić information content (AvgIpc) is 2.96. The van der Waals surface area contributed by atoms with Crippen LogP contribution in [-0.2, 0) is 17.6 Å². The van der Waals surface area contributed by atoms with Gasteiger partial charge in [-0.25, -0.2) is 4.79 Å². The summed E-state index contributed by atoms with van der Waals surface area (Å²) in [6, 6.07) is 19.9. The van der Waals surface area contributed by atoms with Crippen molar-refractivity contribution < 1.29 is 24.2 Å². The van der Waals surface area contributed by atoms with Gasteiger partial charge in [-0.2, -0.15) is 5.26 Å². The first-order chi connectivity index (χ1) is 19.6. The predicted octanol–water partition coefficient (Wildman–Crippen LogP) is 5.55. The van der Waals surface area contributed by atoms with Gasteiger partial charge in [0.1, 0.15) is 5.75 Å². The third kappa shape index (κ3) is 6.60. The van der Waals surface area contributed by atoms with Crippen molar-refractivity contribution in [1.82, 2.24) is 4.57 Å². The number of carboxylic acid groups (broad SMARTS) is 1. The second-order valence-corrected chi connectivity index (χ2v) is 9.86. The highest BCUT2D eigenvalue weighted by Gasteiger charge is 2.25. The summed E-state index contributed by atoms with van der Waals surface area (Å²) in [5.74, 6) is -1.35. The van der Waals surface area contributed by atoms with Crippen LogP contribution in [0, 0.1) is 11.3 Å². The van der Waals surface area contributed by atoms with Crippen molar-refractivity contribution in [3.05, 3.63) is 122 Å². The van der Waals surface area contributed by atoms with Crippen LogP contribution in [0.15, 0.2) is 83.8 Å². The van der Waals surface area contributed by atoms with Crippen LogP contribution in [-0.4, -0.2) is 34.3 Å². The topological polar surface area (TPSA) is 126 Å². The highest BCUT2D eigenvalue weighted by atomic mass is 35.5. The first-order valence-corrected chi connectivity index (χ1v) is 12.9. The van der Waals surface area contributed by atoms with E-state index in [1.165, 1.54) is 43.0 Å². The third-order valence-corrected chi connectivity index (χ3v) is 6.92. The number of carbonyl (C=O) groups is 3. The average molecular weight is 569 g/mol. The highest BCUT2D eigenvalue weighted by molar-refractivity contribution is 6.31. The number of nitrogens with zero attached hydrogens (tertiary/aromatic N) is 2. The molecule has 1 heterocycles. The molecular formula is C32H25ClN2O6. The number of aromatic carboxylic acids is 1. The number of hydrogen-bond donors (Lipinski definition) is 1. The van der Waals surface area contributed by atoms with E-state index in [0.717, 1.165) is 0 Å². The van der Waals surface area contributed by atoms with Gasteiger partial charge in [0.05, 0.1) is 36.5 Å². The van der Waals surface area contributed by atoms with Crippen LogP contribution in [0.5, 0.6) is 5.75 Å². The van der Waals surface area contributed by atoms with Crippen molar-refractivity contribution in [3.8, 4) is 22.9 Å². The Morgan fingerprint density at radius 2 is 1.73 bits per heavy atom. The monoisotopic (exact) mass is 568 g/mol. The van der Waals surface area contributed by atoms with Crippen LogP contribution in [0.2, 0.25) is 5.02 Å². The van der Waals surface area contributed by atoms with Crippen molar-refractivity contribution in [2.24, 2.45) is 0 Å². The number of carbonyl (C=O) groups excluding carboxylic acids is 2. The van der Waals surface area contributed by atoms with Gasteiger partial charge in [0.25, 0.3) is 5.56 Å². The summed E-state index contributed by atoms with van der Waals surface area (Å²) in [6.45, 7) is 1.41. The molecule has 0 aliphatic rings. The molecule has 9 heteroatoms. The Morgan fingerprint density at radius 3 is 2.37 bits per heavy atom. The van der Waals surface area contributed by atoms with Crippen LogP contribution in [0.25, 0.3) is 11.1 Å². The summed E-state index contributed by atoms with van der Waals surface area (Å²) in [5.41, 5.74) is 2.38. The first-order valence-electron chi connectivity index (χ1n) is 12.6. The Bertz CT molecular complexity index is 1750. The Labute approximate surface area is 241 Å². The number of hydrogen-bond acceptors (Lipinski definition) is 6. The molecule has 0 amide bonds. The van der Waals surface area contributed by atoms with Crippen molar-refractivity contribution in [3.63, 3.8) is 0 Å². The molecule has 0 aliphatic carbocycles. The Morgan fingerprint density at radius 1 is 1.00 bits per heavy atom. The number of rotatable bonds is 10. The number of carboxylic acids is 1. The summed E-state index contributed by atoms with van der Waals surface area (Å²) >= 11 is 6.21. The maximum Gasteiger partial charge on any atom is 0.335 e. The number of pyridine rings is 1. The maximum atomic E-state index is 13.7. The molecule has 0 spiro atoms. The molecule has 0 saturated heterocycles. The van der Waals surface area contributed by atoms with Gasteiger partial charge in [-0.1, -0.05) is 35.9 Å². The largest absolute Gasteiger partial charge is 0.495 e. The van der Waals surface area contributed by atoms with E-state index < -0.39 is 17.6 Å². The van der Waals surface area contributed by atoms with Crippen LogP contribution < -0.4 is 10.3 Å². The lowest BCUT2D eigenvalue weighted by molar-refractivity contribution is -0.121. The van der Waals surface area contributed by atoms with Crippen molar-refractivity contribution in [2.45, 2.75) is 25.8 Å². The zero-order valence-corrected chi connectivity index (χ0v) is 23.0. The van der Waals surface area contributed by atoms with E-state index in [1.54, 1.807) is 54.6 Å². The summed E-state index contributed by atoms with van der Waals surface area (Å²) in [6.07, 6.45) is 1.48. The van der Waals surface area contributed by atoms with E-state index in [2.05, 4.69) is 6.07 Å². The van der Waals surface area contributed by atoms with Crippen molar-refractivity contribution >= 4 is 29.1 Å². The number of benzene rings is 3. The van der Waals surface area contributed by atoms with Crippen molar-refractivity contribution in [1.29, 1.82) is 5.26 Å². The number of ketones is 2. The van der Waals surface area contributed by atoms with E-state index in [4.69, 9.17) is 16.3 Å². The zero-order chi connectivity index (χ0) is 29.7. The highest BCUT2D eigenvalue weighted by Crippen LogP contribution is 2.34. The van der Waals surface area contributed by atoms with Crippen LogP contribution >= 0.6 is 11.6 Å². The lowest BCUT2D eigenvalue weighted by atomic mass is 9.95. The molecule has 3 aromatic carbocycles. The molecule has 0 fully saturated rings. The van der Waals surface area contributed by atoms with Gasteiger partial charge in [0.2, 0.25) is 0 Å². The second-order valence-electron chi connectivity index (χ2n) is 9.42. The molecule has 0 bridgehead atoms. The summed E-state index contributed by atoms with van der Waals surface area (Å²) < 4.78 is 6.90. The van der Waals surface area contributed by atoms with E-state index in [0.29, 0.717) is 38.4 Å². The number of Topliss-reactive ketones (excluding diaryl/α,β-unsaturated/α-hetero) is 2. The molecule has 0 aliphatic heterocycles. The van der Waals surface area contributed by atoms with Crippen LogP contribution in [0.4, 0.5) is 0 Å². The summed E-state index contributed by atoms with van der Waals surface area (Å²) in [7, 11) is 1.42. The van der Waals surface area contributed by atoms with Gasteiger partial charge < -0.3 is 14.4 Å². The van der Waals surface area contributed by atoms with Gasteiger partial charge in [0, 0.05) is 35.1 Å². The second kappa shape index (κ2) is 12.5. The fourth-order valence-corrected chi connectivity index (χ4v) is 4.81. The van der Waals surface area contributed by atoms with Gasteiger partial charge in [-0.3, -0.25) is 14.4 Å². The van der Waals surface area contributed by atoms with E-state index in [9.17, 15) is 29.5 Å². The quantitative estimate of drug-likeness (QED) is 0.249. The van der Waals surface area contributed by atoms with E-state index in [1.807, 2.05) is 0 Å². The third-order valence-electron chi connectivity index (χ3n) is 6.69. The number of methoxy groups -OCH3 is 1. The minimum atomic E-state index is -1.08. The molecule has 0 saturated carbocycles. The fraction of sp³-hybridized carbons (Fsp3) is 0.156. The van der Waals surface area contributed by atoms with Gasteiger partial charge >= 0.3 is 5.97 Å². The Balaban J connectivity index is 1.82. The number of nitriles is 1. The minimum Gasteiger partial charge on any atom is -0.495 e. The Kier molecular flexibility index (Phi) is 8.81. The lowest BCUT2D eigenvalue weighted by Crippen LogP contribution is -2.32. The first kappa shape index (κ1) is 29.0. The van der Waals surface area contributed by atoms with Gasteiger partial charge in [0.15, 0.2) is 11.6 Å². The molecule has 1 N–H and O–H groups in total. The number of ether oxygens (including phenoxy) is 1. The molecule has 206 valence electrons. The normalized spacial score (nSPS) is 11.4. The van der Waals surface area contributed by atoms with Crippen LogP contribution in [0.3, 0.4) is 0 Å². The molecule has 4 rings (SSSR count). The standard InChI is InChI=1S/C32H25ClN2O6/c1-19(36)25-11-10-24(33)15-26(25)27-16-31(38)35(18-30(27)41-2)28(13-21-4-3-5-22(12-21)17-34)29(37)14-20-6-8-23(9-7-20)32(39)40/h3-12,15-16,18,28H,13-14H2,1-2H3,(H,39,40). The zero-order valence-electron chi connectivity index (χ0n) is 22.3. The summed E-state index contributed by atoms with van der Waals surface area (Å²) in [5, 5.41) is 18.9. The molecule has 8 nitrogen and oxygen atoms in total. The smallest absolute Gasteiger partial charge is 0.335 e. The van der Waals surface area contributed by atoms with Crippen LogP contribution in [0.1, 0.15) is 50.4 Å². The van der Waals surface area contributed by atoms with E-state index in [-0.39, 0.29) is 35.7 Å². The minimum absolute atomic E-state index is 0.0677. The number of aromatic nitrogens is 1. The summed E-state index contributed by atoms with van der Waals surface area (Å²) in [4.78, 5) is 50.9. The van der Waals surface area contributed by atoms with Crippen molar-refractivity contribution in [2.75, 3.05) is 7.11 Å². The molecule has 1 unspecified atom stereocenters. The molecule has 41 heavy (non-hydrogen) atoms. The molecule has 4 aromatic rings. The fourth-order valence-electron chi connectivity index (χ4n) is 4.63. The van der Waals surface area contributed by atoms with Gasteiger partial charge in [-0.15, -0.1) is 0 Å². The lowest BCUT2D eigenvalue weighted by Gasteiger charge is -2.22. The molecular weight excluding hydrogens is 544 g/mol. The molecule has 0 radical (unpaired) electrons. The maximum absolute atomic E-state index is 13.7. The van der Waals surface area contributed by atoms with Gasteiger partial charge in [-0.05, 0) is 66.1 Å².